The summed E-state index contributed by atoms with van der Waals surface area (Å²) >= 11 is 0. The largest absolute Gasteiger partial charge is 0.280 e. The van der Waals surface area contributed by atoms with E-state index in [0.29, 0.717) is 16.7 Å². The molecule has 6 heteroatoms. The minimum Gasteiger partial charge on any atom is -0.280 e. The number of hydrazone groups is 1. The van der Waals surface area contributed by atoms with Gasteiger partial charge < -0.3 is 0 Å². The lowest BCUT2D eigenvalue weighted by atomic mass is 10.1. The number of nitrogens with zero attached hydrogens (tertiary/aromatic N) is 3. The molecule has 0 saturated heterocycles. The van der Waals surface area contributed by atoms with Crippen LogP contribution in [0.15, 0.2) is 101 Å². The average Bonchev–Trinajstić information content (AvgIpc) is 2.84. The molecule has 1 N–H and O–H groups in total. The Labute approximate surface area is 185 Å². The maximum Gasteiger partial charge on any atom is 0.263 e. The van der Waals surface area contributed by atoms with Crippen molar-refractivity contribution in [2.24, 2.45) is 5.10 Å². The maximum atomic E-state index is 13.3. The van der Waals surface area contributed by atoms with E-state index < -0.39 is 11.9 Å². The summed E-state index contributed by atoms with van der Waals surface area (Å²) in [6, 6.07) is 25.4. The summed E-state index contributed by atoms with van der Waals surface area (Å²) in [6.45, 7) is 1.66. The number of carbonyl (C=O) groups excluding carboxylic acids is 1. The lowest BCUT2D eigenvalue weighted by Crippen LogP contribution is -2.35. The Morgan fingerprint density at radius 3 is 2.38 bits per heavy atom. The van der Waals surface area contributed by atoms with Crippen molar-refractivity contribution in [1.82, 2.24) is 15.0 Å². The fraction of sp³-hybridized carbons (Fsp3) is 0.0769. The zero-order valence-electron chi connectivity index (χ0n) is 17.6. The summed E-state index contributed by atoms with van der Waals surface area (Å²) in [6.07, 6.45) is 5.11. The first-order valence-electron chi connectivity index (χ1n) is 10.3. The van der Waals surface area contributed by atoms with Crippen LogP contribution in [0.2, 0.25) is 0 Å². The third-order valence-corrected chi connectivity index (χ3v) is 5.03. The average molecular weight is 422 g/mol. The van der Waals surface area contributed by atoms with E-state index in [1.807, 2.05) is 72.8 Å². The molecule has 1 aromatic heterocycles. The zero-order valence-corrected chi connectivity index (χ0v) is 17.6. The smallest absolute Gasteiger partial charge is 0.263 e. The quantitative estimate of drug-likeness (QED) is 0.369. The summed E-state index contributed by atoms with van der Waals surface area (Å²) in [7, 11) is 0. The maximum absolute atomic E-state index is 13.3. The number of hydrogen-bond acceptors (Lipinski definition) is 4. The minimum atomic E-state index is -0.815. The van der Waals surface area contributed by atoms with E-state index in [9.17, 15) is 9.59 Å². The first-order chi connectivity index (χ1) is 15.6. The van der Waals surface area contributed by atoms with Crippen LogP contribution in [-0.4, -0.2) is 21.7 Å². The van der Waals surface area contributed by atoms with Gasteiger partial charge in [-0.05, 0) is 30.7 Å². The van der Waals surface area contributed by atoms with E-state index in [1.54, 1.807) is 31.2 Å². The molecule has 0 bridgehead atoms. The van der Waals surface area contributed by atoms with Crippen LogP contribution in [0, 0.1) is 0 Å². The number of carbonyl (C=O) groups is 1. The summed E-state index contributed by atoms with van der Waals surface area (Å²) in [4.78, 5) is 30.8. The van der Waals surface area contributed by atoms with E-state index in [2.05, 4.69) is 15.5 Å². The molecule has 1 atom stereocenters. The standard InChI is InChI=1S/C26H22N4O2/c1-19(25(31)29-27-18-10-13-20-11-4-2-5-12-20)30-24(21-14-6-3-7-15-21)28-23-17-9-8-16-22(23)26(30)32/h2-19H,1H3,(H,29,31)/b13-10+,27-18-/t19-/m0/s1. The highest BCUT2D eigenvalue weighted by molar-refractivity contribution is 5.85. The molecule has 32 heavy (non-hydrogen) atoms. The molecule has 0 fully saturated rings. The number of para-hydroxylation sites is 1. The Bertz CT molecular complexity index is 1340. The zero-order chi connectivity index (χ0) is 22.3. The molecular weight excluding hydrogens is 400 g/mol. The van der Waals surface area contributed by atoms with Crippen molar-refractivity contribution in [3.05, 3.63) is 107 Å². The highest BCUT2D eigenvalue weighted by atomic mass is 16.2. The number of rotatable bonds is 6. The highest BCUT2D eigenvalue weighted by Crippen LogP contribution is 2.21. The topological polar surface area (TPSA) is 76.3 Å². The Morgan fingerprint density at radius 1 is 0.969 bits per heavy atom. The molecule has 1 heterocycles. The van der Waals surface area contributed by atoms with E-state index in [1.165, 1.54) is 10.8 Å². The first-order valence-corrected chi connectivity index (χ1v) is 10.3. The molecule has 158 valence electrons. The second-order valence-electron chi connectivity index (χ2n) is 7.19. The molecule has 4 aromatic rings. The fourth-order valence-corrected chi connectivity index (χ4v) is 3.37. The van der Waals surface area contributed by atoms with Crippen LogP contribution in [-0.2, 0) is 4.79 Å². The van der Waals surface area contributed by atoms with Gasteiger partial charge in [-0.15, -0.1) is 0 Å². The predicted octanol–water partition coefficient (Wildman–Crippen LogP) is 4.44. The highest BCUT2D eigenvalue weighted by Gasteiger charge is 2.22. The van der Waals surface area contributed by atoms with Crippen molar-refractivity contribution in [1.29, 1.82) is 0 Å². The Balaban J connectivity index is 1.62. The summed E-state index contributed by atoms with van der Waals surface area (Å²) in [5, 5.41) is 4.44. The lowest BCUT2D eigenvalue weighted by molar-refractivity contribution is -0.123. The van der Waals surface area contributed by atoms with E-state index >= 15 is 0 Å². The number of fused-ring (bicyclic) bond motifs is 1. The van der Waals surface area contributed by atoms with E-state index in [0.717, 1.165) is 11.1 Å². The molecule has 0 aliphatic rings. The SMILES string of the molecule is C[C@@H](C(=O)N/N=C\C=C\c1ccccc1)n1c(-c2ccccc2)nc2ccccc2c1=O. The van der Waals surface area contributed by atoms with Gasteiger partial charge in [-0.1, -0.05) is 78.9 Å². The molecule has 0 aliphatic carbocycles. The molecule has 3 aromatic carbocycles. The van der Waals surface area contributed by atoms with Crippen LogP contribution < -0.4 is 11.0 Å². The van der Waals surface area contributed by atoms with Crippen molar-refractivity contribution >= 4 is 29.1 Å². The van der Waals surface area contributed by atoms with Crippen molar-refractivity contribution in [2.45, 2.75) is 13.0 Å². The molecule has 0 saturated carbocycles. The van der Waals surface area contributed by atoms with Crippen LogP contribution in [0.25, 0.3) is 28.4 Å². The Hall–Kier alpha value is -4.32. The number of benzene rings is 3. The van der Waals surface area contributed by atoms with Gasteiger partial charge in [0.2, 0.25) is 0 Å². The van der Waals surface area contributed by atoms with Gasteiger partial charge in [0.15, 0.2) is 0 Å². The van der Waals surface area contributed by atoms with Gasteiger partial charge >= 0.3 is 0 Å². The number of amides is 1. The van der Waals surface area contributed by atoms with Crippen LogP contribution in [0.1, 0.15) is 18.5 Å². The van der Waals surface area contributed by atoms with Crippen LogP contribution >= 0.6 is 0 Å². The fourth-order valence-electron chi connectivity index (χ4n) is 3.37. The van der Waals surface area contributed by atoms with Crippen molar-refractivity contribution in [3.63, 3.8) is 0 Å². The van der Waals surface area contributed by atoms with Gasteiger partial charge in [-0.2, -0.15) is 5.10 Å². The predicted molar refractivity (Wildman–Crippen MR) is 128 cm³/mol. The van der Waals surface area contributed by atoms with Gasteiger partial charge in [-0.3, -0.25) is 14.2 Å². The molecule has 6 nitrogen and oxygen atoms in total. The monoisotopic (exact) mass is 422 g/mol. The van der Waals surface area contributed by atoms with Gasteiger partial charge in [-0.25, -0.2) is 10.4 Å². The number of nitrogens with one attached hydrogen (secondary N) is 1. The van der Waals surface area contributed by atoms with Gasteiger partial charge in [0, 0.05) is 11.8 Å². The summed E-state index contributed by atoms with van der Waals surface area (Å²) in [5.74, 6) is 0.0237. The van der Waals surface area contributed by atoms with Gasteiger partial charge in [0.05, 0.1) is 10.9 Å². The summed E-state index contributed by atoms with van der Waals surface area (Å²) < 4.78 is 1.42. The molecule has 0 aliphatic heterocycles. The molecule has 0 unspecified atom stereocenters. The first kappa shape index (κ1) is 20.9. The van der Waals surface area contributed by atoms with Crippen LogP contribution in [0.3, 0.4) is 0 Å². The third kappa shape index (κ3) is 4.54. The van der Waals surface area contributed by atoms with E-state index in [-0.39, 0.29) is 5.56 Å². The second kappa shape index (κ2) is 9.66. The molecule has 0 spiro atoms. The Morgan fingerprint density at radius 2 is 1.62 bits per heavy atom. The molecule has 0 radical (unpaired) electrons. The van der Waals surface area contributed by atoms with Crippen molar-refractivity contribution in [3.8, 4) is 11.4 Å². The number of allylic oxidation sites excluding steroid dienone is 1. The van der Waals surface area contributed by atoms with Crippen molar-refractivity contribution < 1.29 is 4.79 Å². The number of aromatic nitrogens is 2. The van der Waals surface area contributed by atoms with Gasteiger partial charge in [0.25, 0.3) is 11.5 Å². The third-order valence-electron chi connectivity index (χ3n) is 5.03. The van der Waals surface area contributed by atoms with E-state index in [4.69, 9.17) is 0 Å². The Kier molecular flexibility index (Phi) is 6.32. The minimum absolute atomic E-state index is 0.273. The van der Waals surface area contributed by atoms with Crippen LogP contribution in [0.4, 0.5) is 0 Å². The molecule has 4 rings (SSSR count). The lowest BCUT2D eigenvalue weighted by Gasteiger charge is -2.18. The molecule has 1 amide bonds. The summed E-state index contributed by atoms with van der Waals surface area (Å²) in [5.41, 5.74) is 4.61. The van der Waals surface area contributed by atoms with Gasteiger partial charge in [0.1, 0.15) is 11.9 Å². The normalized spacial score (nSPS) is 12.4. The van der Waals surface area contributed by atoms with Crippen molar-refractivity contribution in [2.75, 3.05) is 0 Å². The number of hydrogen-bond donors (Lipinski definition) is 1. The second-order valence-corrected chi connectivity index (χ2v) is 7.19. The van der Waals surface area contributed by atoms with Crippen LogP contribution in [0.5, 0.6) is 0 Å². The molecular formula is C26H22N4O2.